The van der Waals surface area contributed by atoms with Gasteiger partial charge < -0.3 is 15.7 Å². The van der Waals surface area contributed by atoms with E-state index < -0.39 is 0 Å². The standard InChI is InChI=1S/C14H17BrN4O/c1-2-16-13-12(15)14(18-9-17-13)19-11(8-20)10-6-4-3-5-7-10/h3-7,9,11,20H,2,8H2,1H3,(H2,16,17,18,19). The molecule has 0 saturated carbocycles. The molecule has 106 valence electrons. The molecule has 6 heteroatoms. The van der Waals surface area contributed by atoms with Crippen LogP contribution in [0.4, 0.5) is 11.6 Å². The van der Waals surface area contributed by atoms with Crippen molar-refractivity contribution < 1.29 is 5.11 Å². The molecule has 20 heavy (non-hydrogen) atoms. The maximum atomic E-state index is 9.57. The van der Waals surface area contributed by atoms with Crippen LogP contribution in [-0.2, 0) is 0 Å². The van der Waals surface area contributed by atoms with E-state index in [-0.39, 0.29) is 12.6 Å². The van der Waals surface area contributed by atoms with Gasteiger partial charge in [0.25, 0.3) is 0 Å². The number of halogens is 1. The Hall–Kier alpha value is -1.66. The van der Waals surface area contributed by atoms with E-state index in [0.29, 0.717) is 5.82 Å². The van der Waals surface area contributed by atoms with Gasteiger partial charge in [0.1, 0.15) is 22.4 Å². The van der Waals surface area contributed by atoms with Gasteiger partial charge >= 0.3 is 0 Å². The molecular weight excluding hydrogens is 320 g/mol. The van der Waals surface area contributed by atoms with Crippen molar-refractivity contribution in [3.8, 4) is 0 Å². The molecule has 1 unspecified atom stereocenters. The summed E-state index contributed by atoms with van der Waals surface area (Å²) in [6.45, 7) is 2.76. The molecule has 1 atom stereocenters. The molecular formula is C14H17BrN4O. The van der Waals surface area contributed by atoms with Crippen molar-refractivity contribution in [3.63, 3.8) is 0 Å². The van der Waals surface area contributed by atoms with Gasteiger partial charge in [0.2, 0.25) is 0 Å². The lowest BCUT2D eigenvalue weighted by atomic mass is 10.1. The van der Waals surface area contributed by atoms with Gasteiger partial charge in [-0.3, -0.25) is 0 Å². The van der Waals surface area contributed by atoms with Gasteiger partial charge in [0.15, 0.2) is 0 Å². The highest BCUT2D eigenvalue weighted by Crippen LogP contribution is 2.29. The Kier molecular flexibility index (Phi) is 5.31. The highest BCUT2D eigenvalue weighted by atomic mass is 79.9. The maximum Gasteiger partial charge on any atom is 0.146 e. The first-order valence-electron chi connectivity index (χ1n) is 6.43. The minimum Gasteiger partial charge on any atom is -0.394 e. The molecule has 2 aromatic rings. The van der Waals surface area contributed by atoms with Crippen LogP contribution < -0.4 is 10.6 Å². The van der Waals surface area contributed by atoms with Gasteiger partial charge in [-0.25, -0.2) is 9.97 Å². The predicted molar refractivity (Wildman–Crippen MR) is 83.8 cm³/mol. The molecule has 0 aliphatic carbocycles. The van der Waals surface area contributed by atoms with Gasteiger partial charge in [-0.2, -0.15) is 0 Å². The highest BCUT2D eigenvalue weighted by Gasteiger charge is 2.14. The second-order valence-electron chi connectivity index (χ2n) is 4.21. The fourth-order valence-electron chi connectivity index (χ4n) is 1.85. The van der Waals surface area contributed by atoms with E-state index in [1.54, 1.807) is 0 Å². The van der Waals surface area contributed by atoms with Crippen LogP contribution in [0.3, 0.4) is 0 Å². The highest BCUT2D eigenvalue weighted by molar-refractivity contribution is 9.10. The van der Waals surface area contributed by atoms with Gasteiger partial charge in [0, 0.05) is 6.54 Å². The van der Waals surface area contributed by atoms with E-state index in [4.69, 9.17) is 0 Å². The Morgan fingerprint density at radius 2 is 1.90 bits per heavy atom. The Bertz CT molecular complexity index is 550. The zero-order chi connectivity index (χ0) is 14.4. The molecule has 1 aromatic heterocycles. The second-order valence-corrected chi connectivity index (χ2v) is 5.00. The summed E-state index contributed by atoms with van der Waals surface area (Å²) >= 11 is 3.48. The Morgan fingerprint density at radius 1 is 1.20 bits per heavy atom. The van der Waals surface area contributed by atoms with E-state index >= 15 is 0 Å². The summed E-state index contributed by atoms with van der Waals surface area (Å²) in [5.41, 5.74) is 1.01. The molecule has 0 amide bonds. The quantitative estimate of drug-likeness (QED) is 0.756. The first kappa shape index (κ1) is 14.7. The predicted octanol–water partition coefficient (Wildman–Crippen LogP) is 2.82. The Balaban J connectivity index is 2.22. The molecule has 3 N–H and O–H groups in total. The number of nitrogens with one attached hydrogen (secondary N) is 2. The number of nitrogens with zero attached hydrogens (tertiary/aromatic N) is 2. The summed E-state index contributed by atoms with van der Waals surface area (Å²) in [4.78, 5) is 8.38. The van der Waals surface area contributed by atoms with Gasteiger partial charge in [-0.05, 0) is 28.4 Å². The second kappa shape index (κ2) is 7.21. The molecule has 1 heterocycles. The van der Waals surface area contributed by atoms with Crippen molar-refractivity contribution in [1.82, 2.24) is 9.97 Å². The molecule has 0 aliphatic rings. The number of anilines is 2. The summed E-state index contributed by atoms with van der Waals surface area (Å²) < 4.78 is 0.760. The van der Waals surface area contributed by atoms with Crippen LogP contribution in [-0.4, -0.2) is 28.2 Å². The SMILES string of the molecule is CCNc1ncnc(NC(CO)c2ccccc2)c1Br. The fraction of sp³-hybridized carbons (Fsp3) is 0.286. The lowest BCUT2D eigenvalue weighted by molar-refractivity contribution is 0.276. The molecule has 0 bridgehead atoms. The number of hydrogen-bond donors (Lipinski definition) is 3. The summed E-state index contributed by atoms with van der Waals surface area (Å²) in [6, 6.07) is 9.55. The van der Waals surface area contributed by atoms with Gasteiger partial charge in [0.05, 0.1) is 12.6 Å². The number of aliphatic hydroxyl groups excluding tert-OH is 1. The summed E-state index contributed by atoms with van der Waals surface area (Å²) in [5.74, 6) is 1.38. The van der Waals surface area contributed by atoms with Gasteiger partial charge in [-0.15, -0.1) is 0 Å². The van der Waals surface area contributed by atoms with Crippen molar-refractivity contribution in [2.45, 2.75) is 13.0 Å². The van der Waals surface area contributed by atoms with Crippen molar-refractivity contribution in [1.29, 1.82) is 0 Å². The van der Waals surface area contributed by atoms with Crippen molar-refractivity contribution in [3.05, 3.63) is 46.7 Å². The van der Waals surface area contributed by atoms with E-state index in [0.717, 1.165) is 22.4 Å². The van der Waals surface area contributed by atoms with Crippen LogP contribution in [0, 0.1) is 0 Å². The first-order valence-corrected chi connectivity index (χ1v) is 7.22. The van der Waals surface area contributed by atoms with Crippen LogP contribution in [0.2, 0.25) is 0 Å². The maximum absolute atomic E-state index is 9.57. The van der Waals surface area contributed by atoms with Crippen LogP contribution in [0.1, 0.15) is 18.5 Å². The van der Waals surface area contributed by atoms with E-state index in [2.05, 4.69) is 36.5 Å². The normalized spacial score (nSPS) is 11.9. The average Bonchev–Trinajstić information content (AvgIpc) is 2.49. The summed E-state index contributed by atoms with van der Waals surface area (Å²) in [5, 5.41) is 15.9. The molecule has 2 rings (SSSR count). The van der Waals surface area contributed by atoms with Crippen LogP contribution >= 0.6 is 15.9 Å². The van der Waals surface area contributed by atoms with Crippen LogP contribution in [0.5, 0.6) is 0 Å². The van der Waals surface area contributed by atoms with E-state index in [1.165, 1.54) is 6.33 Å². The van der Waals surface area contributed by atoms with Crippen LogP contribution in [0.15, 0.2) is 41.1 Å². The Morgan fingerprint density at radius 3 is 2.55 bits per heavy atom. The van der Waals surface area contributed by atoms with Crippen LogP contribution in [0.25, 0.3) is 0 Å². The number of aromatic nitrogens is 2. The molecule has 0 saturated heterocycles. The smallest absolute Gasteiger partial charge is 0.146 e. The third-order valence-corrected chi connectivity index (χ3v) is 3.58. The zero-order valence-electron chi connectivity index (χ0n) is 11.2. The third-order valence-electron chi connectivity index (χ3n) is 2.83. The molecule has 0 aliphatic heterocycles. The number of rotatable bonds is 6. The lowest BCUT2D eigenvalue weighted by Gasteiger charge is -2.19. The molecule has 0 spiro atoms. The summed E-state index contributed by atoms with van der Waals surface area (Å²) in [6.07, 6.45) is 1.49. The fourth-order valence-corrected chi connectivity index (χ4v) is 2.31. The third kappa shape index (κ3) is 3.46. The average molecular weight is 337 g/mol. The first-order chi connectivity index (χ1) is 9.76. The van der Waals surface area contributed by atoms with Gasteiger partial charge in [-0.1, -0.05) is 30.3 Å². The molecule has 0 fully saturated rings. The molecule has 0 radical (unpaired) electrons. The number of aliphatic hydroxyl groups is 1. The number of benzene rings is 1. The lowest BCUT2D eigenvalue weighted by Crippen LogP contribution is -2.16. The minimum atomic E-state index is -0.211. The molecule has 5 nitrogen and oxygen atoms in total. The van der Waals surface area contributed by atoms with E-state index in [9.17, 15) is 5.11 Å². The number of hydrogen-bond acceptors (Lipinski definition) is 5. The van der Waals surface area contributed by atoms with Crippen molar-refractivity contribution in [2.75, 3.05) is 23.8 Å². The largest absolute Gasteiger partial charge is 0.394 e. The Labute approximate surface area is 126 Å². The van der Waals surface area contributed by atoms with E-state index in [1.807, 2.05) is 37.3 Å². The minimum absolute atomic E-state index is 0.0169. The molecule has 1 aromatic carbocycles. The van der Waals surface area contributed by atoms with Crippen molar-refractivity contribution >= 4 is 27.6 Å². The van der Waals surface area contributed by atoms with Crippen molar-refractivity contribution in [2.24, 2.45) is 0 Å². The zero-order valence-corrected chi connectivity index (χ0v) is 12.8. The summed E-state index contributed by atoms with van der Waals surface area (Å²) in [7, 11) is 0. The topological polar surface area (TPSA) is 70.1 Å². The monoisotopic (exact) mass is 336 g/mol.